The molecule has 144 valence electrons. The molecule has 0 saturated carbocycles. The number of amides is 1. The van der Waals surface area contributed by atoms with Gasteiger partial charge >= 0.3 is 0 Å². The molecule has 3 heterocycles. The van der Waals surface area contributed by atoms with Crippen LogP contribution in [-0.4, -0.2) is 38.2 Å². The minimum atomic E-state index is -0.253. The van der Waals surface area contributed by atoms with E-state index in [9.17, 15) is 9.59 Å². The molecule has 0 saturated heterocycles. The maximum Gasteiger partial charge on any atom is 0.275 e. The van der Waals surface area contributed by atoms with Gasteiger partial charge in [-0.05, 0) is 32.0 Å². The molecule has 3 aromatic heterocycles. The van der Waals surface area contributed by atoms with E-state index in [-0.39, 0.29) is 17.2 Å². The Morgan fingerprint density at radius 2 is 2.11 bits per heavy atom. The van der Waals surface area contributed by atoms with Crippen molar-refractivity contribution >= 4 is 55.4 Å². The number of carbonyl (C=O) groups excluding carboxylic acids is 1. The van der Waals surface area contributed by atoms with Crippen LogP contribution in [0, 0.1) is 6.92 Å². The minimum absolute atomic E-state index is 0.109. The predicted molar refractivity (Wildman–Crippen MR) is 112 cm³/mol. The minimum Gasteiger partial charge on any atom is -0.494 e. The summed E-state index contributed by atoms with van der Waals surface area (Å²) in [4.78, 5) is 38.8. The lowest BCUT2D eigenvalue weighted by Crippen LogP contribution is -2.15. The molecule has 0 atom stereocenters. The van der Waals surface area contributed by atoms with E-state index < -0.39 is 0 Å². The third kappa shape index (κ3) is 3.87. The summed E-state index contributed by atoms with van der Waals surface area (Å²) < 4.78 is 6.43. The van der Waals surface area contributed by atoms with Crippen molar-refractivity contribution in [1.82, 2.24) is 19.9 Å². The highest BCUT2D eigenvalue weighted by Crippen LogP contribution is 2.29. The molecule has 28 heavy (non-hydrogen) atoms. The van der Waals surface area contributed by atoms with Gasteiger partial charge in [0.1, 0.15) is 11.3 Å². The van der Waals surface area contributed by atoms with Crippen LogP contribution in [0.4, 0.5) is 5.13 Å². The van der Waals surface area contributed by atoms with E-state index in [4.69, 9.17) is 4.74 Å². The number of aromatic nitrogens is 4. The van der Waals surface area contributed by atoms with Crippen molar-refractivity contribution in [3.8, 4) is 5.75 Å². The van der Waals surface area contributed by atoms with Gasteiger partial charge in [0.15, 0.2) is 10.3 Å². The molecule has 1 aromatic carbocycles. The Morgan fingerprint density at radius 3 is 2.93 bits per heavy atom. The molecule has 3 N–H and O–H groups in total. The number of benzene rings is 1. The van der Waals surface area contributed by atoms with Gasteiger partial charge in [-0.3, -0.25) is 14.6 Å². The summed E-state index contributed by atoms with van der Waals surface area (Å²) >= 11 is 2.56. The SMILES string of the molecule is CCOc1ccc2sc(NC(=O)CSc3nc4cc(C)[nH]c4c(=O)[nH]3)nc2c1. The number of aromatic amines is 2. The van der Waals surface area contributed by atoms with Crippen LogP contribution in [0.5, 0.6) is 5.75 Å². The summed E-state index contributed by atoms with van der Waals surface area (Å²) in [6.07, 6.45) is 0. The van der Waals surface area contributed by atoms with Gasteiger partial charge in [-0.25, -0.2) is 9.97 Å². The number of aryl methyl sites for hydroxylation is 1. The molecular formula is C18H17N5O3S2. The van der Waals surface area contributed by atoms with Crippen LogP contribution in [0.1, 0.15) is 12.6 Å². The Kier molecular flexibility index (Phi) is 5.05. The molecule has 0 spiro atoms. The van der Waals surface area contributed by atoms with Gasteiger partial charge in [-0.15, -0.1) is 0 Å². The standard InChI is InChI=1S/C18H17N5O3S2/c1-3-26-10-4-5-13-11(7-10)20-18(28-13)22-14(24)8-27-17-21-12-6-9(2)19-15(12)16(25)23-17/h4-7,19H,3,8H2,1-2H3,(H,20,22,24)(H,21,23,25). The number of fused-ring (bicyclic) bond motifs is 2. The Morgan fingerprint density at radius 1 is 1.25 bits per heavy atom. The van der Waals surface area contributed by atoms with Gasteiger partial charge < -0.3 is 15.0 Å². The van der Waals surface area contributed by atoms with Crippen LogP contribution < -0.4 is 15.6 Å². The molecule has 0 unspecified atom stereocenters. The van der Waals surface area contributed by atoms with E-state index in [0.29, 0.717) is 27.9 Å². The van der Waals surface area contributed by atoms with E-state index in [1.807, 2.05) is 32.0 Å². The molecular weight excluding hydrogens is 398 g/mol. The third-order valence-electron chi connectivity index (χ3n) is 3.86. The van der Waals surface area contributed by atoms with Crippen molar-refractivity contribution in [3.63, 3.8) is 0 Å². The molecule has 0 aliphatic heterocycles. The molecule has 0 bridgehead atoms. The first kappa shape index (κ1) is 18.5. The highest BCUT2D eigenvalue weighted by molar-refractivity contribution is 7.99. The largest absolute Gasteiger partial charge is 0.494 e. The zero-order valence-corrected chi connectivity index (χ0v) is 16.8. The maximum atomic E-state index is 12.3. The fourth-order valence-corrected chi connectivity index (χ4v) is 4.24. The average Bonchev–Trinajstić information content (AvgIpc) is 3.22. The van der Waals surface area contributed by atoms with Gasteiger partial charge in [0.05, 0.1) is 28.1 Å². The number of thioether (sulfide) groups is 1. The van der Waals surface area contributed by atoms with Crippen molar-refractivity contribution in [2.45, 2.75) is 19.0 Å². The van der Waals surface area contributed by atoms with Gasteiger partial charge in [0, 0.05) is 11.8 Å². The fourth-order valence-electron chi connectivity index (χ4n) is 2.71. The zero-order chi connectivity index (χ0) is 19.7. The second-order valence-electron chi connectivity index (χ2n) is 6.00. The first-order valence-electron chi connectivity index (χ1n) is 8.57. The average molecular weight is 416 g/mol. The monoisotopic (exact) mass is 415 g/mol. The van der Waals surface area contributed by atoms with Gasteiger partial charge in [0.2, 0.25) is 5.91 Å². The summed E-state index contributed by atoms with van der Waals surface area (Å²) in [6.45, 7) is 4.36. The maximum absolute atomic E-state index is 12.3. The Bertz CT molecular complexity index is 1230. The van der Waals surface area contributed by atoms with Crippen molar-refractivity contribution in [2.24, 2.45) is 0 Å². The number of anilines is 1. The highest BCUT2D eigenvalue weighted by Gasteiger charge is 2.12. The van der Waals surface area contributed by atoms with Crippen LogP contribution in [0.15, 0.2) is 34.2 Å². The number of nitrogens with zero attached hydrogens (tertiary/aromatic N) is 2. The summed E-state index contributed by atoms with van der Waals surface area (Å²) in [5.41, 5.74) is 2.40. The van der Waals surface area contributed by atoms with Crippen LogP contribution >= 0.6 is 23.1 Å². The highest BCUT2D eigenvalue weighted by atomic mass is 32.2. The molecule has 8 nitrogen and oxygen atoms in total. The van der Waals surface area contributed by atoms with Crippen molar-refractivity contribution in [3.05, 3.63) is 40.3 Å². The van der Waals surface area contributed by atoms with Crippen molar-refractivity contribution < 1.29 is 9.53 Å². The Balaban J connectivity index is 1.43. The number of H-pyrrole nitrogens is 2. The second-order valence-corrected chi connectivity index (χ2v) is 8.00. The van der Waals surface area contributed by atoms with Crippen LogP contribution in [0.2, 0.25) is 0 Å². The van der Waals surface area contributed by atoms with Crippen molar-refractivity contribution in [1.29, 1.82) is 0 Å². The van der Waals surface area contributed by atoms with E-state index in [0.717, 1.165) is 21.7 Å². The summed E-state index contributed by atoms with van der Waals surface area (Å²) in [7, 11) is 0. The number of nitrogens with one attached hydrogen (secondary N) is 3. The van der Waals surface area contributed by atoms with E-state index in [1.54, 1.807) is 6.07 Å². The molecule has 10 heteroatoms. The summed E-state index contributed by atoms with van der Waals surface area (Å²) in [6, 6.07) is 7.45. The van der Waals surface area contributed by atoms with Gasteiger partial charge in [0.25, 0.3) is 5.56 Å². The van der Waals surface area contributed by atoms with E-state index in [1.165, 1.54) is 23.1 Å². The zero-order valence-electron chi connectivity index (χ0n) is 15.2. The first-order chi connectivity index (χ1) is 13.5. The lowest BCUT2D eigenvalue weighted by Gasteiger charge is -2.01. The molecule has 0 aliphatic rings. The Hall–Kier alpha value is -2.85. The molecule has 4 rings (SSSR count). The lowest BCUT2D eigenvalue weighted by molar-refractivity contribution is -0.113. The van der Waals surface area contributed by atoms with Gasteiger partial charge in [-0.1, -0.05) is 23.1 Å². The smallest absolute Gasteiger partial charge is 0.275 e. The molecule has 0 aliphatic carbocycles. The number of hydrogen-bond donors (Lipinski definition) is 3. The molecule has 0 fully saturated rings. The predicted octanol–water partition coefficient (Wildman–Crippen LogP) is 3.30. The van der Waals surface area contributed by atoms with Gasteiger partial charge in [-0.2, -0.15) is 0 Å². The lowest BCUT2D eigenvalue weighted by atomic mass is 10.3. The number of rotatable bonds is 6. The summed E-state index contributed by atoms with van der Waals surface area (Å²) in [5.74, 6) is 0.638. The van der Waals surface area contributed by atoms with Crippen molar-refractivity contribution in [2.75, 3.05) is 17.7 Å². The summed E-state index contributed by atoms with van der Waals surface area (Å²) in [5, 5.41) is 3.71. The number of ether oxygens (including phenoxy) is 1. The van der Waals surface area contributed by atoms with E-state index in [2.05, 4.69) is 25.3 Å². The molecule has 0 radical (unpaired) electrons. The van der Waals surface area contributed by atoms with Crippen LogP contribution in [0.3, 0.4) is 0 Å². The normalized spacial score (nSPS) is 11.2. The second kappa shape index (κ2) is 7.64. The molecule has 1 amide bonds. The quantitative estimate of drug-likeness (QED) is 0.329. The van der Waals surface area contributed by atoms with E-state index >= 15 is 0 Å². The van der Waals surface area contributed by atoms with Crippen LogP contribution in [-0.2, 0) is 4.79 Å². The first-order valence-corrected chi connectivity index (χ1v) is 10.4. The number of thiazole rings is 1. The number of hydrogen-bond acceptors (Lipinski definition) is 7. The fraction of sp³-hybridized carbons (Fsp3) is 0.222. The Labute approximate surface area is 167 Å². The van der Waals surface area contributed by atoms with Crippen LogP contribution in [0.25, 0.3) is 21.3 Å². The number of carbonyl (C=O) groups is 1. The topological polar surface area (TPSA) is 113 Å². The third-order valence-corrected chi connectivity index (χ3v) is 5.68. The molecule has 4 aromatic rings.